The number of carbonyl (C=O) groups is 2. The lowest BCUT2D eigenvalue weighted by Crippen LogP contribution is -2.55. The molecule has 4 fully saturated rings. The molecule has 4 heteroatoms. The van der Waals surface area contributed by atoms with Gasteiger partial charge in [-0.3, -0.25) is 9.59 Å². The Kier molecular flexibility index (Phi) is 4.67. The minimum absolute atomic E-state index is 0.0321. The highest BCUT2D eigenvalue weighted by Crippen LogP contribution is 2.75. The molecular formula is C24H38O4. The van der Waals surface area contributed by atoms with Crippen molar-refractivity contribution in [1.82, 2.24) is 0 Å². The molecule has 0 heterocycles. The Morgan fingerprint density at radius 2 is 1.71 bits per heavy atom. The van der Waals surface area contributed by atoms with Gasteiger partial charge >= 0.3 is 11.9 Å². The number of carbonyl (C=O) groups excluding carboxylic acids is 2. The van der Waals surface area contributed by atoms with E-state index in [0.29, 0.717) is 41.1 Å². The summed E-state index contributed by atoms with van der Waals surface area (Å²) in [6.45, 7) is 13.2. The molecule has 0 radical (unpaired) electrons. The minimum Gasteiger partial charge on any atom is -0.466 e. The number of fused-ring (bicyclic) bond motifs is 5. The number of esters is 2. The van der Waals surface area contributed by atoms with Gasteiger partial charge in [-0.05, 0) is 66.6 Å². The van der Waals surface area contributed by atoms with E-state index in [2.05, 4.69) is 27.7 Å². The van der Waals surface area contributed by atoms with E-state index in [0.717, 1.165) is 12.3 Å². The second-order valence-electron chi connectivity index (χ2n) is 11.4. The van der Waals surface area contributed by atoms with Crippen molar-refractivity contribution in [2.24, 2.45) is 45.8 Å². The van der Waals surface area contributed by atoms with Crippen LogP contribution in [0.2, 0.25) is 0 Å². The molecule has 8 unspecified atom stereocenters. The summed E-state index contributed by atoms with van der Waals surface area (Å²) < 4.78 is 11.4. The summed E-state index contributed by atoms with van der Waals surface area (Å²) in [5.41, 5.74) is 0.699. The number of rotatable bonds is 3. The van der Waals surface area contributed by atoms with Crippen molar-refractivity contribution in [2.45, 2.75) is 86.2 Å². The Labute approximate surface area is 170 Å². The second kappa shape index (κ2) is 6.47. The van der Waals surface area contributed by atoms with Crippen molar-refractivity contribution in [3.63, 3.8) is 0 Å². The summed E-state index contributed by atoms with van der Waals surface area (Å²) in [6.07, 6.45) is 7.46. The molecule has 0 aromatic heterocycles. The van der Waals surface area contributed by atoms with Crippen molar-refractivity contribution >= 4 is 11.9 Å². The summed E-state index contributed by atoms with van der Waals surface area (Å²) >= 11 is 0. The fraction of sp³-hybridized carbons (Fsp3) is 0.917. The van der Waals surface area contributed by atoms with Gasteiger partial charge in [-0.2, -0.15) is 0 Å². The molecule has 0 bridgehead atoms. The van der Waals surface area contributed by atoms with E-state index >= 15 is 0 Å². The molecule has 0 saturated heterocycles. The van der Waals surface area contributed by atoms with Crippen molar-refractivity contribution in [3.05, 3.63) is 0 Å². The zero-order valence-electron chi connectivity index (χ0n) is 18.5. The van der Waals surface area contributed by atoms with Gasteiger partial charge in [0.2, 0.25) is 0 Å². The lowest BCUT2D eigenvalue weighted by atomic mass is 9.44. The molecule has 0 N–H and O–H groups in total. The summed E-state index contributed by atoms with van der Waals surface area (Å²) in [6, 6.07) is 0. The van der Waals surface area contributed by atoms with Crippen LogP contribution in [0.3, 0.4) is 0 Å². The van der Waals surface area contributed by atoms with Gasteiger partial charge in [0.1, 0.15) is 6.10 Å². The molecule has 8 atom stereocenters. The highest BCUT2D eigenvalue weighted by atomic mass is 16.5. The van der Waals surface area contributed by atoms with E-state index in [1.165, 1.54) is 46.0 Å². The van der Waals surface area contributed by atoms with Crippen molar-refractivity contribution in [1.29, 1.82) is 0 Å². The average molecular weight is 391 g/mol. The first-order chi connectivity index (χ1) is 13.0. The summed E-state index contributed by atoms with van der Waals surface area (Å²) in [5, 5.41) is 0. The molecule has 4 rings (SSSR count). The summed E-state index contributed by atoms with van der Waals surface area (Å²) in [7, 11) is 0. The van der Waals surface area contributed by atoms with Crippen LogP contribution < -0.4 is 0 Å². The Hall–Kier alpha value is -1.06. The fourth-order valence-corrected chi connectivity index (χ4v) is 8.48. The zero-order chi connectivity index (χ0) is 20.5. The summed E-state index contributed by atoms with van der Waals surface area (Å²) in [5.74, 6) is 2.48. The molecule has 28 heavy (non-hydrogen) atoms. The highest BCUT2D eigenvalue weighted by Gasteiger charge is 2.74. The van der Waals surface area contributed by atoms with E-state index < -0.39 is 0 Å². The van der Waals surface area contributed by atoms with Crippen LogP contribution >= 0.6 is 0 Å². The average Bonchev–Trinajstić information content (AvgIpc) is 3.19. The Morgan fingerprint density at radius 3 is 2.36 bits per heavy atom. The Bertz CT molecular complexity index is 670. The zero-order valence-corrected chi connectivity index (χ0v) is 18.5. The van der Waals surface area contributed by atoms with Crippen LogP contribution in [0.15, 0.2) is 0 Å². The van der Waals surface area contributed by atoms with Gasteiger partial charge in [0, 0.05) is 25.2 Å². The van der Waals surface area contributed by atoms with Crippen molar-refractivity contribution in [2.75, 3.05) is 6.61 Å². The summed E-state index contributed by atoms with van der Waals surface area (Å²) in [4.78, 5) is 23.3. The SMILES string of the molecule is CC(=O)OCC1C2C3CCC4C(C)(C)CCCC4(C)C3CC(OC(C)=O)C12C. The first-order valence-electron chi connectivity index (χ1n) is 11.3. The van der Waals surface area contributed by atoms with Crippen LogP contribution in [0.25, 0.3) is 0 Å². The van der Waals surface area contributed by atoms with Gasteiger partial charge in [0.15, 0.2) is 0 Å². The first-order valence-corrected chi connectivity index (χ1v) is 11.3. The van der Waals surface area contributed by atoms with Crippen LogP contribution in [0.4, 0.5) is 0 Å². The molecule has 0 spiro atoms. The van der Waals surface area contributed by atoms with E-state index in [9.17, 15) is 9.59 Å². The third-order valence-electron chi connectivity index (χ3n) is 9.67. The van der Waals surface area contributed by atoms with Gasteiger partial charge in [0.05, 0.1) is 6.61 Å². The molecule has 4 saturated carbocycles. The second-order valence-corrected chi connectivity index (χ2v) is 11.4. The lowest BCUT2D eigenvalue weighted by Gasteiger charge is -2.61. The normalized spacial score (nSPS) is 48.5. The van der Waals surface area contributed by atoms with Gasteiger partial charge in [-0.25, -0.2) is 0 Å². The third-order valence-corrected chi connectivity index (χ3v) is 9.67. The molecule has 4 nitrogen and oxygen atoms in total. The smallest absolute Gasteiger partial charge is 0.302 e. The maximum Gasteiger partial charge on any atom is 0.302 e. The standard InChI is InChI=1S/C24H38O4/c1-14(25)27-13-18-21-16-8-9-19-22(3,4)10-7-11-23(19,5)17(16)12-20(24(18,21)6)28-15(2)26/h16-21H,7-13H2,1-6H3. The van der Waals surface area contributed by atoms with Gasteiger partial charge in [-0.15, -0.1) is 0 Å². The van der Waals surface area contributed by atoms with Crippen molar-refractivity contribution in [3.8, 4) is 0 Å². The maximum atomic E-state index is 11.9. The molecule has 0 amide bonds. The molecule has 0 aromatic rings. The van der Waals surface area contributed by atoms with Crippen LogP contribution in [-0.4, -0.2) is 24.6 Å². The minimum atomic E-state index is -0.211. The molecule has 0 aliphatic heterocycles. The van der Waals surface area contributed by atoms with Crippen LogP contribution in [0.1, 0.15) is 80.1 Å². The van der Waals surface area contributed by atoms with Gasteiger partial charge in [0.25, 0.3) is 0 Å². The Balaban J connectivity index is 1.65. The Morgan fingerprint density at radius 1 is 1.00 bits per heavy atom. The number of hydrogen-bond donors (Lipinski definition) is 0. The predicted molar refractivity (Wildman–Crippen MR) is 107 cm³/mol. The molecule has 158 valence electrons. The monoisotopic (exact) mass is 390 g/mol. The predicted octanol–water partition coefficient (Wildman–Crippen LogP) is 5.00. The van der Waals surface area contributed by atoms with Crippen molar-refractivity contribution < 1.29 is 19.1 Å². The quantitative estimate of drug-likeness (QED) is 0.637. The van der Waals surface area contributed by atoms with E-state index in [1.54, 1.807) is 0 Å². The molecular weight excluding hydrogens is 352 g/mol. The highest BCUT2D eigenvalue weighted by molar-refractivity contribution is 5.66. The molecule has 4 aliphatic rings. The molecule has 0 aromatic carbocycles. The van der Waals surface area contributed by atoms with Gasteiger partial charge in [-0.1, -0.05) is 34.1 Å². The van der Waals surface area contributed by atoms with Crippen LogP contribution in [0.5, 0.6) is 0 Å². The number of hydrogen-bond acceptors (Lipinski definition) is 4. The number of ether oxygens (including phenoxy) is 2. The third kappa shape index (κ3) is 2.84. The maximum absolute atomic E-state index is 11.9. The molecule has 4 aliphatic carbocycles. The van der Waals surface area contributed by atoms with E-state index in [1.807, 2.05) is 0 Å². The van der Waals surface area contributed by atoms with E-state index in [-0.39, 0.29) is 23.5 Å². The lowest BCUT2D eigenvalue weighted by molar-refractivity contribution is -0.168. The van der Waals surface area contributed by atoms with E-state index in [4.69, 9.17) is 9.47 Å². The van der Waals surface area contributed by atoms with Crippen LogP contribution in [0, 0.1) is 45.8 Å². The first kappa shape index (κ1) is 20.2. The van der Waals surface area contributed by atoms with Gasteiger partial charge < -0.3 is 9.47 Å². The van der Waals surface area contributed by atoms with Crippen LogP contribution in [-0.2, 0) is 19.1 Å². The topological polar surface area (TPSA) is 52.6 Å². The largest absolute Gasteiger partial charge is 0.466 e. The fourth-order valence-electron chi connectivity index (χ4n) is 8.48.